The molecule has 0 bridgehead atoms. The Labute approximate surface area is 112 Å². The van der Waals surface area contributed by atoms with Crippen LogP contribution < -0.4 is 4.18 Å². The highest BCUT2D eigenvalue weighted by atomic mass is 32.3. The molecular weight excluding hydrogens is 296 g/mol. The molecule has 0 N–H and O–H groups in total. The van der Waals surface area contributed by atoms with Crippen molar-refractivity contribution in [2.45, 2.75) is 6.54 Å². The molecule has 0 spiro atoms. The van der Waals surface area contributed by atoms with Gasteiger partial charge in [0.25, 0.3) is 11.8 Å². The van der Waals surface area contributed by atoms with Crippen molar-refractivity contribution in [2.75, 3.05) is 0 Å². The maximum Gasteiger partial charge on any atom is 0.488 e. The largest absolute Gasteiger partial charge is 0.488 e. The second-order valence-corrected chi connectivity index (χ2v) is 4.79. The molecule has 0 aliphatic carbocycles. The van der Waals surface area contributed by atoms with Crippen LogP contribution in [0.3, 0.4) is 0 Å². The molecule has 0 atom stereocenters. The number of amides is 2. The van der Waals surface area contributed by atoms with Gasteiger partial charge < -0.3 is 4.18 Å². The van der Waals surface area contributed by atoms with Crippen LogP contribution in [0.25, 0.3) is 0 Å². The number of hydrogen-bond acceptors (Lipinski definition) is 5. The van der Waals surface area contributed by atoms with E-state index in [9.17, 15) is 26.3 Å². The molecule has 1 aliphatic heterocycles. The van der Waals surface area contributed by atoms with E-state index in [-0.39, 0.29) is 12.1 Å². The lowest BCUT2D eigenvalue weighted by Gasteiger charge is -2.14. The minimum absolute atomic E-state index is 0.204. The molecule has 9 heteroatoms. The Morgan fingerprint density at radius 1 is 1.15 bits per heavy atom. The number of carbonyl (C=O) groups excluding carboxylic acids is 2. The van der Waals surface area contributed by atoms with Gasteiger partial charge in [0.15, 0.2) is 11.6 Å². The second kappa shape index (κ2) is 5.00. The quantitative estimate of drug-likeness (QED) is 0.608. The maximum atomic E-state index is 13.3. The molecule has 1 aromatic rings. The Morgan fingerprint density at radius 3 is 2.30 bits per heavy atom. The van der Waals surface area contributed by atoms with Crippen LogP contribution in [0.4, 0.5) is 8.28 Å². The lowest BCUT2D eigenvalue weighted by Crippen LogP contribution is -2.29. The molecule has 20 heavy (non-hydrogen) atoms. The van der Waals surface area contributed by atoms with E-state index in [1.54, 1.807) is 0 Å². The van der Waals surface area contributed by atoms with Crippen molar-refractivity contribution in [3.63, 3.8) is 0 Å². The van der Waals surface area contributed by atoms with Crippen LogP contribution in [0.2, 0.25) is 0 Å². The maximum absolute atomic E-state index is 13.3. The fourth-order valence-corrected chi connectivity index (χ4v) is 1.93. The van der Waals surface area contributed by atoms with E-state index in [4.69, 9.17) is 0 Å². The standard InChI is InChI=1S/C11H7F2NO5S/c12-8-2-1-7(5-9(8)19-20(13,17)18)6-14-10(15)3-4-11(14)16/h1-5H,6H2. The first-order valence-corrected chi connectivity index (χ1v) is 6.53. The van der Waals surface area contributed by atoms with E-state index in [1.165, 1.54) is 6.07 Å². The third kappa shape index (κ3) is 3.18. The van der Waals surface area contributed by atoms with Gasteiger partial charge in [0.2, 0.25) is 0 Å². The van der Waals surface area contributed by atoms with Crippen LogP contribution in [-0.2, 0) is 26.6 Å². The van der Waals surface area contributed by atoms with Crippen molar-refractivity contribution in [3.05, 3.63) is 41.7 Å². The van der Waals surface area contributed by atoms with Gasteiger partial charge in [-0.2, -0.15) is 8.42 Å². The number of rotatable bonds is 4. The van der Waals surface area contributed by atoms with Crippen LogP contribution in [0.5, 0.6) is 5.75 Å². The van der Waals surface area contributed by atoms with Gasteiger partial charge in [-0.05, 0) is 17.7 Å². The third-order valence-electron chi connectivity index (χ3n) is 2.43. The monoisotopic (exact) mass is 303 g/mol. The molecule has 0 fully saturated rings. The Morgan fingerprint density at radius 2 is 1.75 bits per heavy atom. The zero-order valence-electron chi connectivity index (χ0n) is 9.75. The summed E-state index contributed by atoms with van der Waals surface area (Å²) in [6.45, 7) is -0.215. The molecule has 0 unspecified atom stereocenters. The number of imide groups is 1. The summed E-state index contributed by atoms with van der Waals surface area (Å²) in [6.07, 6.45) is 2.13. The summed E-state index contributed by atoms with van der Waals surface area (Å²) >= 11 is 0. The summed E-state index contributed by atoms with van der Waals surface area (Å²) in [5.74, 6) is -3.05. The first-order valence-electron chi connectivity index (χ1n) is 5.22. The Hall–Kier alpha value is -2.29. The van der Waals surface area contributed by atoms with E-state index in [0.717, 1.165) is 29.2 Å². The molecule has 1 aliphatic rings. The van der Waals surface area contributed by atoms with E-state index in [1.807, 2.05) is 0 Å². The zero-order valence-corrected chi connectivity index (χ0v) is 10.6. The van der Waals surface area contributed by atoms with Crippen LogP contribution in [0.1, 0.15) is 5.56 Å². The third-order valence-corrected chi connectivity index (χ3v) is 2.80. The number of benzene rings is 1. The average Bonchev–Trinajstić information content (AvgIpc) is 2.63. The van der Waals surface area contributed by atoms with Crippen molar-refractivity contribution in [1.82, 2.24) is 4.90 Å². The number of nitrogens with zero attached hydrogens (tertiary/aromatic N) is 1. The molecule has 2 amide bonds. The van der Waals surface area contributed by atoms with Gasteiger partial charge in [-0.15, -0.1) is 0 Å². The summed E-state index contributed by atoms with van der Waals surface area (Å²) in [6, 6.07) is 2.95. The van der Waals surface area contributed by atoms with Crippen molar-refractivity contribution in [2.24, 2.45) is 0 Å². The zero-order chi connectivity index (χ0) is 14.9. The molecule has 0 aromatic heterocycles. The molecular formula is C11H7F2NO5S. The molecule has 106 valence electrons. The Balaban J connectivity index is 2.24. The minimum atomic E-state index is -5.37. The average molecular weight is 303 g/mol. The highest BCUT2D eigenvalue weighted by Gasteiger charge is 2.24. The fourth-order valence-electron chi connectivity index (χ4n) is 1.59. The molecule has 6 nitrogen and oxygen atoms in total. The van der Waals surface area contributed by atoms with Crippen LogP contribution in [0, 0.1) is 5.82 Å². The fraction of sp³-hybridized carbons (Fsp3) is 0.0909. The van der Waals surface area contributed by atoms with Gasteiger partial charge in [-0.1, -0.05) is 9.95 Å². The van der Waals surface area contributed by atoms with Crippen LogP contribution >= 0.6 is 0 Å². The number of halogens is 2. The van der Waals surface area contributed by atoms with Gasteiger partial charge in [-0.3, -0.25) is 14.5 Å². The van der Waals surface area contributed by atoms with Gasteiger partial charge >= 0.3 is 10.5 Å². The Bertz CT molecular complexity index is 696. The highest BCUT2D eigenvalue weighted by molar-refractivity contribution is 7.81. The molecule has 0 saturated heterocycles. The second-order valence-electron chi connectivity index (χ2n) is 3.84. The number of hydrogen-bond donors (Lipinski definition) is 0. The first kappa shape index (κ1) is 14.1. The molecule has 1 aromatic carbocycles. The van der Waals surface area contributed by atoms with Crippen molar-refractivity contribution >= 4 is 22.3 Å². The predicted octanol–water partition coefficient (Wildman–Crippen LogP) is 0.844. The molecule has 2 rings (SSSR count). The van der Waals surface area contributed by atoms with Crippen LogP contribution in [0.15, 0.2) is 30.4 Å². The lowest BCUT2D eigenvalue weighted by molar-refractivity contribution is -0.137. The first-order chi connectivity index (χ1) is 9.26. The highest BCUT2D eigenvalue weighted by Crippen LogP contribution is 2.22. The molecule has 1 heterocycles. The summed E-state index contributed by atoms with van der Waals surface area (Å²) in [5.41, 5.74) is 0.204. The summed E-state index contributed by atoms with van der Waals surface area (Å²) in [5, 5.41) is 0. The SMILES string of the molecule is O=C1C=CC(=O)N1Cc1ccc(F)c(OS(=O)(=O)F)c1. The Kier molecular flexibility index (Phi) is 3.53. The van der Waals surface area contributed by atoms with Crippen molar-refractivity contribution in [1.29, 1.82) is 0 Å². The molecule has 0 radical (unpaired) electrons. The van der Waals surface area contributed by atoms with Gasteiger partial charge in [0, 0.05) is 12.2 Å². The van der Waals surface area contributed by atoms with Crippen molar-refractivity contribution < 1.29 is 30.5 Å². The van der Waals surface area contributed by atoms with Crippen LogP contribution in [-0.4, -0.2) is 25.1 Å². The minimum Gasteiger partial charge on any atom is -0.355 e. The lowest BCUT2D eigenvalue weighted by atomic mass is 10.2. The van der Waals surface area contributed by atoms with Gasteiger partial charge in [-0.25, -0.2) is 4.39 Å². The molecule has 0 saturated carbocycles. The van der Waals surface area contributed by atoms with Crippen molar-refractivity contribution in [3.8, 4) is 5.75 Å². The summed E-state index contributed by atoms with van der Waals surface area (Å²) in [7, 11) is -5.37. The van der Waals surface area contributed by atoms with E-state index < -0.39 is 33.9 Å². The summed E-state index contributed by atoms with van der Waals surface area (Å²) < 4.78 is 50.1. The van der Waals surface area contributed by atoms with E-state index >= 15 is 0 Å². The summed E-state index contributed by atoms with van der Waals surface area (Å²) in [4.78, 5) is 23.5. The van der Waals surface area contributed by atoms with Gasteiger partial charge in [0.1, 0.15) is 0 Å². The van der Waals surface area contributed by atoms with E-state index in [2.05, 4.69) is 4.18 Å². The smallest absolute Gasteiger partial charge is 0.355 e. The normalized spacial score (nSPS) is 15.0. The number of carbonyl (C=O) groups is 2. The topological polar surface area (TPSA) is 80.8 Å². The van der Waals surface area contributed by atoms with Gasteiger partial charge in [0.05, 0.1) is 6.54 Å². The predicted molar refractivity (Wildman–Crippen MR) is 61.8 cm³/mol. The van der Waals surface area contributed by atoms with E-state index in [0.29, 0.717) is 0 Å².